The summed E-state index contributed by atoms with van der Waals surface area (Å²) in [5, 5.41) is 15.5. The maximum absolute atomic E-state index is 13.4. The van der Waals surface area contributed by atoms with Gasteiger partial charge in [0.15, 0.2) is 11.5 Å². The van der Waals surface area contributed by atoms with E-state index in [1.807, 2.05) is 13.8 Å². The van der Waals surface area contributed by atoms with Crippen molar-refractivity contribution < 1.29 is 27.6 Å². The molecule has 0 aromatic heterocycles. The molecule has 0 saturated heterocycles. The van der Waals surface area contributed by atoms with Gasteiger partial charge < -0.3 is 9.47 Å². The van der Waals surface area contributed by atoms with Crippen LogP contribution in [0.4, 0.5) is 11.4 Å². The topological polar surface area (TPSA) is 140 Å². The highest BCUT2D eigenvalue weighted by Gasteiger charge is 2.31. The molecule has 0 saturated carbocycles. The van der Waals surface area contributed by atoms with E-state index in [0.717, 1.165) is 0 Å². The third-order valence-electron chi connectivity index (χ3n) is 4.94. The maximum Gasteiger partial charge on any atom is 0.293 e. The minimum Gasteiger partial charge on any atom is -0.490 e. The van der Waals surface area contributed by atoms with E-state index in [4.69, 9.17) is 9.47 Å². The summed E-state index contributed by atoms with van der Waals surface area (Å²) < 4.78 is 38.5. The van der Waals surface area contributed by atoms with Crippen molar-refractivity contribution in [1.29, 1.82) is 0 Å². The van der Waals surface area contributed by atoms with Crippen LogP contribution in [0.25, 0.3) is 0 Å². The van der Waals surface area contributed by atoms with Crippen LogP contribution in [0.5, 0.6) is 11.5 Å². The van der Waals surface area contributed by atoms with Gasteiger partial charge in [0.2, 0.25) is 0 Å². The van der Waals surface area contributed by atoms with Gasteiger partial charge in [-0.15, -0.1) is 0 Å². The number of amides is 1. The predicted octanol–water partition coefficient (Wildman–Crippen LogP) is 3.74. The number of hydrogen-bond donors (Lipinski definition) is 1. The Bertz CT molecular complexity index is 1380. The number of nitrogens with zero attached hydrogens (tertiary/aromatic N) is 3. The van der Waals surface area contributed by atoms with Crippen molar-refractivity contribution in [3.05, 3.63) is 88.5 Å². The second-order valence-corrected chi connectivity index (χ2v) is 9.30. The number of hydrazone groups is 1. The minimum absolute atomic E-state index is 0.123. The molecular weight excluding hydrogens is 500 g/mol. The first-order valence-corrected chi connectivity index (χ1v) is 12.7. The molecule has 0 atom stereocenters. The van der Waals surface area contributed by atoms with Crippen molar-refractivity contribution >= 4 is 33.5 Å². The molecule has 194 valence electrons. The average molecular weight is 527 g/mol. The molecule has 0 spiro atoms. The van der Waals surface area contributed by atoms with Gasteiger partial charge in [0.05, 0.1) is 29.2 Å². The van der Waals surface area contributed by atoms with Crippen LogP contribution in [0.2, 0.25) is 0 Å². The summed E-state index contributed by atoms with van der Waals surface area (Å²) in [7, 11) is -4.32. The molecule has 1 N–H and O–H groups in total. The second kappa shape index (κ2) is 12.5. The Morgan fingerprint density at radius 1 is 1.00 bits per heavy atom. The lowest BCUT2D eigenvalue weighted by Gasteiger charge is -2.23. The lowest BCUT2D eigenvalue weighted by Crippen LogP contribution is -2.39. The van der Waals surface area contributed by atoms with Crippen molar-refractivity contribution in [3.63, 3.8) is 0 Å². The van der Waals surface area contributed by atoms with E-state index < -0.39 is 33.1 Å². The van der Waals surface area contributed by atoms with E-state index in [1.165, 1.54) is 54.7 Å². The second-order valence-electron chi connectivity index (χ2n) is 7.44. The van der Waals surface area contributed by atoms with Gasteiger partial charge in [-0.1, -0.05) is 30.3 Å². The monoisotopic (exact) mass is 526 g/mol. The number of hydrogen-bond acceptors (Lipinski definition) is 8. The number of sulfonamides is 1. The first-order chi connectivity index (χ1) is 17.8. The SMILES string of the molecule is CCOc1ccc(/C=N\NC(=O)CN(c2ccccc2[N+](=O)[O-])S(=O)(=O)c2ccccc2)cc1OCC. The van der Waals surface area contributed by atoms with Crippen LogP contribution in [0, 0.1) is 10.1 Å². The number of nitrogens with one attached hydrogen (secondary N) is 1. The van der Waals surface area contributed by atoms with Crippen LogP contribution in [-0.2, 0) is 14.8 Å². The van der Waals surface area contributed by atoms with Gasteiger partial charge in [0.25, 0.3) is 21.6 Å². The minimum atomic E-state index is -4.32. The third-order valence-corrected chi connectivity index (χ3v) is 6.71. The van der Waals surface area contributed by atoms with Crippen molar-refractivity contribution in [1.82, 2.24) is 5.43 Å². The molecule has 11 nitrogen and oxygen atoms in total. The number of anilines is 1. The van der Waals surface area contributed by atoms with Crippen LogP contribution in [-0.4, -0.2) is 45.2 Å². The van der Waals surface area contributed by atoms with Gasteiger partial charge in [0.1, 0.15) is 12.2 Å². The lowest BCUT2D eigenvalue weighted by atomic mass is 10.2. The summed E-state index contributed by atoms with van der Waals surface area (Å²) in [4.78, 5) is 23.5. The lowest BCUT2D eigenvalue weighted by molar-refractivity contribution is -0.384. The molecule has 0 aliphatic rings. The summed E-state index contributed by atoms with van der Waals surface area (Å²) in [5.41, 5.74) is 2.17. The van der Waals surface area contributed by atoms with Gasteiger partial charge in [-0.3, -0.25) is 14.9 Å². The molecule has 0 aliphatic heterocycles. The number of carbonyl (C=O) groups is 1. The molecule has 0 radical (unpaired) electrons. The zero-order valence-corrected chi connectivity index (χ0v) is 21.1. The number of rotatable bonds is 12. The Labute approximate surface area is 214 Å². The van der Waals surface area contributed by atoms with Crippen LogP contribution in [0.15, 0.2) is 82.8 Å². The fourth-order valence-corrected chi connectivity index (χ4v) is 4.80. The van der Waals surface area contributed by atoms with E-state index in [-0.39, 0.29) is 10.6 Å². The van der Waals surface area contributed by atoms with Crippen molar-refractivity contribution in [2.45, 2.75) is 18.7 Å². The predicted molar refractivity (Wildman–Crippen MR) is 139 cm³/mol. The summed E-state index contributed by atoms with van der Waals surface area (Å²) in [6.07, 6.45) is 1.36. The maximum atomic E-state index is 13.4. The first-order valence-electron chi connectivity index (χ1n) is 11.3. The molecule has 1 amide bonds. The largest absolute Gasteiger partial charge is 0.490 e. The number of nitro benzene ring substituents is 1. The number of carbonyl (C=O) groups excluding carboxylic acids is 1. The molecule has 12 heteroatoms. The van der Waals surface area contributed by atoms with E-state index >= 15 is 0 Å². The fourth-order valence-electron chi connectivity index (χ4n) is 3.34. The Morgan fingerprint density at radius 2 is 1.65 bits per heavy atom. The summed E-state index contributed by atoms with van der Waals surface area (Å²) in [5.74, 6) is 0.276. The number of para-hydroxylation sites is 2. The van der Waals surface area contributed by atoms with Gasteiger partial charge in [-0.05, 0) is 55.8 Å². The number of benzene rings is 3. The molecule has 0 unspecified atom stereocenters. The van der Waals surface area contributed by atoms with Crippen LogP contribution >= 0.6 is 0 Å². The fraction of sp³-hybridized carbons (Fsp3) is 0.200. The van der Waals surface area contributed by atoms with Gasteiger partial charge in [0, 0.05) is 6.07 Å². The number of ether oxygens (including phenoxy) is 2. The van der Waals surface area contributed by atoms with Crippen molar-refractivity contribution in [2.75, 3.05) is 24.1 Å². The van der Waals surface area contributed by atoms with Gasteiger partial charge in [-0.2, -0.15) is 5.10 Å². The normalized spacial score (nSPS) is 11.2. The van der Waals surface area contributed by atoms with Crippen LogP contribution in [0.3, 0.4) is 0 Å². The molecule has 0 fully saturated rings. The van der Waals surface area contributed by atoms with E-state index in [9.17, 15) is 23.3 Å². The molecule has 37 heavy (non-hydrogen) atoms. The first kappa shape index (κ1) is 27.1. The standard InChI is InChI=1S/C25H26N4O7S/c1-3-35-23-15-14-19(16-24(23)36-4-2)17-26-27-25(30)18-28(21-12-8-9-13-22(21)29(31)32)37(33,34)20-10-6-5-7-11-20/h5-17H,3-4,18H2,1-2H3,(H,27,30)/b26-17-. The summed E-state index contributed by atoms with van der Waals surface area (Å²) in [6.45, 7) is 3.84. The third kappa shape index (κ3) is 6.82. The molecule has 3 aromatic rings. The highest BCUT2D eigenvalue weighted by molar-refractivity contribution is 7.92. The quantitative estimate of drug-likeness (QED) is 0.215. The van der Waals surface area contributed by atoms with E-state index in [1.54, 1.807) is 24.3 Å². The highest BCUT2D eigenvalue weighted by Crippen LogP contribution is 2.32. The Hall–Kier alpha value is -4.45. The Balaban J connectivity index is 1.86. The zero-order chi connectivity index (χ0) is 26.8. The summed E-state index contributed by atoms with van der Waals surface area (Å²) >= 11 is 0. The smallest absolute Gasteiger partial charge is 0.293 e. The molecule has 3 aromatic carbocycles. The molecular formula is C25H26N4O7S. The molecule has 0 bridgehead atoms. The molecule has 0 heterocycles. The van der Waals surface area contributed by atoms with E-state index in [0.29, 0.717) is 34.6 Å². The van der Waals surface area contributed by atoms with Gasteiger partial charge >= 0.3 is 0 Å². The van der Waals surface area contributed by atoms with E-state index in [2.05, 4.69) is 10.5 Å². The number of nitro groups is 1. The average Bonchev–Trinajstić information content (AvgIpc) is 2.89. The zero-order valence-electron chi connectivity index (χ0n) is 20.2. The highest BCUT2D eigenvalue weighted by atomic mass is 32.2. The Kier molecular flexibility index (Phi) is 9.16. The van der Waals surface area contributed by atoms with Crippen molar-refractivity contribution in [2.24, 2.45) is 5.10 Å². The van der Waals surface area contributed by atoms with Crippen LogP contribution < -0.4 is 19.2 Å². The summed E-state index contributed by atoms with van der Waals surface area (Å²) in [6, 6.07) is 17.8. The van der Waals surface area contributed by atoms with Crippen molar-refractivity contribution in [3.8, 4) is 11.5 Å². The Morgan fingerprint density at radius 3 is 2.32 bits per heavy atom. The molecule has 3 rings (SSSR count). The van der Waals surface area contributed by atoms with Crippen LogP contribution in [0.1, 0.15) is 19.4 Å². The van der Waals surface area contributed by atoms with Gasteiger partial charge in [-0.25, -0.2) is 18.1 Å². The molecule has 0 aliphatic carbocycles.